The average Bonchev–Trinajstić information content (AvgIpc) is 2.91. The molecule has 0 atom stereocenters. The molecule has 0 saturated carbocycles. The van der Waals surface area contributed by atoms with Crippen molar-refractivity contribution in [3.8, 4) is 0 Å². The number of sulfonamides is 1. The van der Waals surface area contributed by atoms with E-state index in [9.17, 15) is 23.3 Å². The Bertz CT molecular complexity index is 1530. The molecular weight excluding hydrogens is 571 g/mol. The number of rotatable bonds is 7. The highest BCUT2D eigenvalue weighted by Gasteiger charge is 2.33. The van der Waals surface area contributed by atoms with E-state index in [1.165, 1.54) is 16.4 Å². The Morgan fingerprint density at radius 3 is 2.32 bits per heavy atom. The maximum Gasteiger partial charge on any atom is 0.270 e. The number of non-ortho nitro benzene ring substituents is 1. The van der Waals surface area contributed by atoms with E-state index < -0.39 is 14.9 Å². The Labute approximate surface area is 234 Å². The van der Waals surface area contributed by atoms with Gasteiger partial charge in [-0.15, -0.1) is 0 Å². The predicted molar refractivity (Wildman–Crippen MR) is 145 cm³/mol. The van der Waals surface area contributed by atoms with E-state index >= 15 is 0 Å². The molecule has 0 unspecified atom stereocenters. The summed E-state index contributed by atoms with van der Waals surface area (Å²) in [6.45, 7) is 7.44. The number of carbonyl (C=O) groups is 1. The lowest BCUT2D eigenvalue weighted by molar-refractivity contribution is -0.385. The summed E-state index contributed by atoms with van der Waals surface area (Å²) in [4.78, 5) is 29.0. The van der Waals surface area contributed by atoms with Gasteiger partial charge >= 0.3 is 0 Å². The fourth-order valence-electron chi connectivity index (χ4n) is 3.86. The molecule has 9 nitrogen and oxygen atoms in total. The summed E-state index contributed by atoms with van der Waals surface area (Å²) in [6.07, 6.45) is 0.136. The minimum atomic E-state index is -4.14. The van der Waals surface area contributed by atoms with E-state index in [0.717, 1.165) is 23.4 Å². The Morgan fingerprint density at radius 1 is 1.00 bits per heavy atom. The van der Waals surface area contributed by atoms with E-state index in [4.69, 9.17) is 29.8 Å². The molecule has 4 rings (SSSR count). The maximum atomic E-state index is 13.7. The van der Waals surface area contributed by atoms with Crippen LogP contribution in [0.25, 0.3) is 4.85 Å². The molecule has 0 N–H and O–H groups in total. The van der Waals surface area contributed by atoms with E-state index in [2.05, 4.69) is 4.85 Å². The first-order chi connectivity index (χ1) is 18.1. The van der Waals surface area contributed by atoms with Crippen LogP contribution in [-0.2, 0) is 21.2 Å². The number of amides is 1. The molecular formula is C25H20Cl2N4O5S2. The van der Waals surface area contributed by atoms with Gasteiger partial charge in [0.15, 0.2) is 5.69 Å². The molecule has 0 aliphatic carbocycles. The molecule has 0 radical (unpaired) electrons. The van der Waals surface area contributed by atoms with Crippen molar-refractivity contribution in [2.45, 2.75) is 21.1 Å². The van der Waals surface area contributed by atoms with Gasteiger partial charge in [0.25, 0.3) is 5.69 Å². The lowest BCUT2D eigenvalue weighted by Crippen LogP contribution is -2.50. The maximum absolute atomic E-state index is 13.7. The molecule has 1 aliphatic heterocycles. The fourth-order valence-corrected chi connectivity index (χ4v) is 7.17. The molecule has 1 amide bonds. The number of halogens is 2. The van der Waals surface area contributed by atoms with Crippen LogP contribution in [0.1, 0.15) is 5.56 Å². The van der Waals surface area contributed by atoms with Gasteiger partial charge < -0.3 is 4.90 Å². The molecule has 1 fully saturated rings. The second kappa shape index (κ2) is 11.7. The monoisotopic (exact) mass is 590 g/mol. The van der Waals surface area contributed by atoms with Gasteiger partial charge in [0, 0.05) is 53.1 Å². The number of piperazine rings is 1. The van der Waals surface area contributed by atoms with Crippen LogP contribution in [0.4, 0.5) is 11.4 Å². The van der Waals surface area contributed by atoms with E-state index in [1.807, 2.05) is 0 Å². The summed E-state index contributed by atoms with van der Waals surface area (Å²) < 4.78 is 28.5. The molecule has 0 bridgehead atoms. The first-order valence-corrected chi connectivity index (χ1v) is 14.3. The van der Waals surface area contributed by atoms with Crippen LogP contribution in [0.5, 0.6) is 0 Å². The Balaban J connectivity index is 1.53. The first kappa shape index (κ1) is 27.9. The van der Waals surface area contributed by atoms with Gasteiger partial charge in [-0.2, -0.15) is 4.31 Å². The summed E-state index contributed by atoms with van der Waals surface area (Å²) in [7, 11) is -4.14. The van der Waals surface area contributed by atoms with Crippen LogP contribution in [0.15, 0.2) is 75.4 Å². The number of nitrogens with zero attached hydrogens (tertiary/aromatic N) is 4. The molecule has 1 heterocycles. The number of nitro benzene ring substituents is 1. The zero-order valence-electron chi connectivity index (χ0n) is 19.7. The molecule has 3 aromatic carbocycles. The summed E-state index contributed by atoms with van der Waals surface area (Å²) in [5, 5.41) is 12.2. The fraction of sp³-hybridized carbons (Fsp3) is 0.200. The number of hydrogen-bond donors (Lipinski definition) is 0. The van der Waals surface area contributed by atoms with Crippen molar-refractivity contribution in [3.63, 3.8) is 0 Å². The average molecular weight is 591 g/mol. The molecule has 38 heavy (non-hydrogen) atoms. The molecule has 1 saturated heterocycles. The number of nitro groups is 1. The van der Waals surface area contributed by atoms with Crippen molar-refractivity contribution in [2.24, 2.45) is 0 Å². The molecule has 0 aromatic heterocycles. The van der Waals surface area contributed by atoms with Crippen LogP contribution >= 0.6 is 35.0 Å². The topological polar surface area (TPSA) is 105 Å². The lowest BCUT2D eigenvalue weighted by atomic mass is 10.1. The molecule has 196 valence electrons. The summed E-state index contributed by atoms with van der Waals surface area (Å²) in [6, 6.07) is 15.2. The van der Waals surface area contributed by atoms with Gasteiger partial charge in [-0.05, 0) is 29.8 Å². The third-order valence-corrected chi connectivity index (χ3v) is 9.76. The van der Waals surface area contributed by atoms with Gasteiger partial charge in [0.2, 0.25) is 15.9 Å². The van der Waals surface area contributed by atoms with Crippen molar-refractivity contribution in [2.75, 3.05) is 26.2 Å². The third kappa shape index (κ3) is 6.28. The predicted octanol–water partition coefficient (Wildman–Crippen LogP) is 5.68. The van der Waals surface area contributed by atoms with Gasteiger partial charge in [0.05, 0.1) is 22.9 Å². The van der Waals surface area contributed by atoms with Crippen molar-refractivity contribution in [1.29, 1.82) is 0 Å². The molecule has 0 spiro atoms. The highest BCUT2D eigenvalue weighted by atomic mass is 35.5. The van der Waals surface area contributed by atoms with Crippen molar-refractivity contribution in [3.05, 3.63) is 97.8 Å². The summed E-state index contributed by atoms with van der Waals surface area (Å²) >= 11 is 13.4. The van der Waals surface area contributed by atoms with E-state index in [-0.39, 0.29) is 54.0 Å². The minimum absolute atomic E-state index is 0.0372. The van der Waals surface area contributed by atoms with E-state index in [0.29, 0.717) is 20.6 Å². The van der Waals surface area contributed by atoms with Crippen molar-refractivity contribution < 1.29 is 18.1 Å². The third-order valence-electron chi connectivity index (χ3n) is 5.88. The lowest BCUT2D eigenvalue weighted by Gasteiger charge is -2.34. The van der Waals surface area contributed by atoms with Gasteiger partial charge in [-0.1, -0.05) is 59.2 Å². The van der Waals surface area contributed by atoms with Crippen molar-refractivity contribution >= 4 is 62.3 Å². The Morgan fingerprint density at radius 2 is 1.68 bits per heavy atom. The Hall–Kier alpha value is -3.14. The van der Waals surface area contributed by atoms with Gasteiger partial charge in [0.1, 0.15) is 4.90 Å². The zero-order chi connectivity index (χ0) is 27.4. The minimum Gasteiger partial charge on any atom is -0.340 e. The molecule has 13 heteroatoms. The zero-order valence-corrected chi connectivity index (χ0v) is 22.9. The standard InChI is InChI=1S/C25H20Cl2N4O5S2/c1-28-19-5-2-17(3-6-19)14-25(32)29-10-12-30(13-11-29)38(35,36)24-16-20(31(33)34)7-9-22(24)37-23-15-18(26)4-8-21(23)27/h2-9,15-16H,10-14H2. The SMILES string of the molecule is [C-]#[N+]c1ccc(CC(=O)N2CCN(S(=O)(=O)c3cc([N+](=O)[O-])ccc3Sc3cc(Cl)ccc3Cl)CC2)cc1. The van der Waals surface area contributed by atoms with Crippen molar-refractivity contribution in [1.82, 2.24) is 9.21 Å². The summed E-state index contributed by atoms with van der Waals surface area (Å²) in [5.41, 5.74) is 0.884. The highest BCUT2D eigenvalue weighted by Crippen LogP contribution is 2.40. The van der Waals surface area contributed by atoms with Gasteiger partial charge in [-0.3, -0.25) is 14.9 Å². The normalized spacial score (nSPS) is 14.2. The second-order valence-corrected chi connectivity index (χ2v) is 12.1. The van der Waals surface area contributed by atoms with Crippen LogP contribution < -0.4 is 0 Å². The quantitative estimate of drug-likeness (QED) is 0.199. The first-order valence-electron chi connectivity index (χ1n) is 11.2. The molecule has 3 aromatic rings. The van der Waals surface area contributed by atoms with E-state index in [1.54, 1.807) is 47.4 Å². The number of hydrogen-bond acceptors (Lipinski definition) is 6. The highest BCUT2D eigenvalue weighted by molar-refractivity contribution is 8.00. The van der Waals surface area contributed by atoms with Crippen LogP contribution in [0.2, 0.25) is 10.0 Å². The molecule has 1 aliphatic rings. The Kier molecular flexibility index (Phi) is 8.60. The largest absolute Gasteiger partial charge is 0.340 e. The smallest absolute Gasteiger partial charge is 0.270 e. The van der Waals surface area contributed by atoms with Crippen LogP contribution in [-0.4, -0.2) is 54.6 Å². The summed E-state index contributed by atoms with van der Waals surface area (Å²) in [5.74, 6) is -0.153. The number of benzene rings is 3. The van der Waals surface area contributed by atoms with Gasteiger partial charge in [-0.25, -0.2) is 13.3 Å². The number of carbonyl (C=O) groups excluding carboxylic acids is 1. The van der Waals surface area contributed by atoms with Crippen LogP contribution in [0.3, 0.4) is 0 Å². The van der Waals surface area contributed by atoms with Crippen LogP contribution in [0, 0.1) is 16.7 Å². The second-order valence-electron chi connectivity index (χ2n) is 8.30.